The monoisotopic (exact) mass is 349 g/mol. The van der Waals surface area contributed by atoms with Crippen LogP contribution < -0.4 is 10.1 Å². The third-order valence-electron chi connectivity index (χ3n) is 3.63. The highest BCUT2D eigenvalue weighted by Crippen LogP contribution is 2.38. The fourth-order valence-corrected chi connectivity index (χ4v) is 3.29. The van der Waals surface area contributed by atoms with E-state index in [0.29, 0.717) is 5.69 Å². The highest BCUT2D eigenvalue weighted by Gasteiger charge is 2.39. The van der Waals surface area contributed by atoms with Crippen LogP contribution in [0.15, 0.2) is 59.5 Å². The number of hydrogen-bond acceptors (Lipinski definition) is 3. The highest BCUT2D eigenvalue weighted by atomic mass is 35.5. The van der Waals surface area contributed by atoms with Gasteiger partial charge in [0.15, 0.2) is 0 Å². The van der Waals surface area contributed by atoms with E-state index in [4.69, 9.17) is 16.3 Å². The van der Waals surface area contributed by atoms with Gasteiger partial charge in [0.25, 0.3) is 0 Å². The molecule has 5 heteroatoms. The predicted octanol–water partition coefficient (Wildman–Crippen LogP) is 4.81. The minimum Gasteiger partial charge on any atom is -0.497 e. The zero-order valence-corrected chi connectivity index (χ0v) is 14.9. The van der Waals surface area contributed by atoms with E-state index in [1.165, 1.54) is 11.8 Å². The van der Waals surface area contributed by atoms with Crippen LogP contribution >= 0.6 is 23.4 Å². The van der Waals surface area contributed by atoms with Crippen molar-refractivity contribution in [1.29, 1.82) is 0 Å². The van der Waals surface area contributed by atoms with Crippen molar-refractivity contribution in [2.75, 3.05) is 12.4 Å². The van der Waals surface area contributed by atoms with Gasteiger partial charge in [0.1, 0.15) is 10.5 Å². The normalized spacial score (nSPS) is 14.6. The molecular formula is C18H20ClNO2S. The lowest BCUT2D eigenvalue weighted by molar-refractivity contribution is -0.118. The average molecular weight is 350 g/mol. The summed E-state index contributed by atoms with van der Waals surface area (Å²) in [6.07, 6.45) is 0. The molecule has 0 aliphatic heterocycles. The summed E-state index contributed by atoms with van der Waals surface area (Å²) >= 11 is 7.81. The number of rotatable bonds is 6. The van der Waals surface area contributed by atoms with Gasteiger partial charge in [-0.15, -0.1) is 23.4 Å². The lowest BCUT2D eigenvalue weighted by atomic mass is 10.1. The van der Waals surface area contributed by atoms with Crippen molar-refractivity contribution >= 4 is 35.0 Å². The molecule has 1 amide bonds. The predicted molar refractivity (Wildman–Crippen MR) is 97.6 cm³/mol. The van der Waals surface area contributed by atoms with Crippen molar-refractivity contribution in [2.24, 2.45) is 0 Å². The van der Waals surface area contributed by atoms with Gasteiger partial charge in [0, 0.05) is 10.6 Å². The largest absolute Gasteiger partial charge is 0.497 e. The van der Waals surface area contributed by atoms with E-state index in [1.54, 1.807) is 19.2 Å². The van der Waals surface area contributed by atoms with E-state index < -0.39 is 4.75 Å². The Labute approximate surface area is 146 Å². The fourth-order valence-electron chi connectivity index (χ4n) is 1.97. The molecule has 0 radical (unpaired) electrons. The summed E-state index contributed by atoms with van der Waals surface area (Å²) in [5, 5.41) is 2.59. The second-order valence-corrected chi connectivity index (χ2v) is 7.50. The Hall–Kier alpha value is -1.65. The first-order chi connectivity index (χ1) is 11.0. The maximum absolute atomic E-state index is 12.8. The fraction of sp³-hybridized carbons (Fsp3) is 0.278. The van der Waals surface area contributed by atoms with Gasteiger partial charge in [0.05, 0.1) is 12.5 Å². The molecule has 0 aliphatic carbocycles. The molecular weight excluding hydrogens is 330 g/mol. The van der Waals surface area contributed by atoms with Crippen molar-refractivity contribution in [3.05, 3.63) is 54.6 Å². The number of benzene rings is 2. The Morgan fingerprint density at radius 2 is 1.78 bits per heavy atom. The van der Waals surface area contributed by atoms with Gasteiger partial charge in [-0.25, -0.2) is 0 Å². The van der Waals surface area contributed by atoms with Gasteiger partial charge in [0.2, 0.25) is 5.91 Å². The average Bonchev–Trinajstić information content (AvgIpc) is 2.56. The van der Waals surface area contributed by atoms with Gasteiger partial charge < -0.3 is 10.1 Å². The van der Waals surface area contributed by atoms with Crippen LogP contribution in [-0.2, 0) is 4.79 Å². The number of ether oxygens (including phenoxy) is 1. The van der Waals surface area contributed by atoms with Gasteiger partial charge in [-0.2, -0.15) is 0 Å². The summed E-state index contributed by atoms with van der Waals surface area (Å²) < 4.78 is 4.33. The first-order valence-corrected chi connectivity index (χ1v) is 8.54. The Morgan fingerprint density at radius 3 is 2.30 bits per heavy atom. The Bertz CT molecular complexity index is 646. The standard InChI is InChI=1S/C18H20ClNO2S/c1-13(19)18(2,23-16-7-5-4-6-8-16)17(21)20-14-9-11-15(22-3)12-10-14/h4-13H,1-3H3,(H,20,21). The van der Waals surface area contributed by atoms with Crippen LogP contribution in [0.5, 0.6) is 5.75 Å². The van der Waals surface area contributed by atoms with Gasteiger partial charge in [-0.1, -0.05) is 18.2 Å². The molecule has 2 aromatic carbocycles. The van der Waals surface area contributed by atoms with Crippen LogP contribution in [0.2, 0.25) is 0 Å². The molecule has 3 nitrogen and oxygen atoms in total. The third-order valence-corrected chi connectivity index (χ3v) is 5.67. The first-order valence-electron chi connectivity index (χ1n) is 7.29. The van der Waals surface area contributed by atoms with Gasteiger partial charge in [-0.3, -0.25) is 4.79 Å². The number of carbonyl (C=O) groups is 1. The Kier molecular flexibility index (Phi) is 5.97. The molecule has 0 saturated carbocycles. The molecule has 0 aromatic heterocycles. The molecule has 0 heterocycles. The Balaban J connectivity index is 2.16. The summed E-state index contributed by atoms with van der Waals surface area (Å²) in [5.74, 6) is 0.620. The molecule has 2 aromatic rings. The van der Waals surface area contributed by atoms with Crippen molar-refractivity contribution in [3.63, 3.8) is 0 Å². The van der Waals surface area contributed by atoms with E-state index >= 15 is 0 Å². The molecule has 0 fully saturated rings. The zero-order valence-electron chi connectivity index (χ0n) is 13.4. The number of halogens is 1. The van der Waals surface area contributed by atoms with Crippen molar-refractivity contribution in [2.45, 2.75) is 28.9 Å². The molecule has 122 valence electrons. The van der Waals surface area contributed by atoms with Crippen LogP contribution in [0.25, 0.3) is 0 Å². The molecule has 2 unspecified atom stereocenters. The highest BCUT2D eigenvalue weighted by molar-refractivity contribution is 8.01. The molecule has 2 atom stereocenters. The first kappa shape index (κ1) is 17.7. The lowest BCUT2D eigenvalue weighted by Crippen LogP contribution is -2.43. The second-order valence-electron chi connectivity index (χ2n) is 5.32. The summed E-state index contributed by atoms with van der Waals surface area (Å²) in [6, 6.07) is 17.0. The number of thioether (sulfide) groups is 1. The molecule has 0 spiro atoms. The number of amides is 1. The molecule has 0 bridgehead atoms. The SMILES string of the molecule is COc1ccc(NC(=O)C(C)(Sc2ccccc2)C(C)Cl)cc1. The number of nitrogens with one attached hydrogen (secondary N) is 1. The summed E-state index contributed by atoms with van der Waals surface area (Å²) in [6.45, 7) is 3.70. The quantitative estimate of drug-likeness (QED) is 0.600. The van der Waals surface area contributed by atoms with E-state index in [0.717, 1.165) is 10.6 Å². The minimum atomic E-state index is -0.789. The van der Waals surface area contributed by atoms with E-state index in [2.05, 4.69) is 5.32 Å². The Morgan fingerprint density at radius 1 is 1.17 bits per heavy atom. The molecule has 1 N–H and O–H groups in total. The topological polar surface area (TPSA) is 38.3 Å². The number of carbonyl (C=O) groups excluding carboxylic acids is 1. The molecule has 0 saturated heterocycles. The molecule has 23 heavy (non-hydrogen) atoms. The number of anilines is 1. The lowest BCUT2D eigenvalue weighted by Gasteiger charge is -2.30. The maximum atomic E-state index is 12.8. The third kappa shape index (κ3) is 4.43. The van der Waals surface area contributed by atoms with Crippen LogP contribution in [0.3, 0.4) is 0 Å². The van der Waals surface area contributed by atoms with Crippen molar-refractivity contribution in [1.82, 2.24) is 0 Å². The van der Waals surface area contributed by atoms with Crippen LogP contribution in [-0.4, -0.2) is 23.1 Å². The summed E-state index contributed by atoms with van der Waals surface area (Å²) in [4.78, 5) is 13.8. The number of hydrogen-bond donors (Lipinski definition) is 1. The van der Waals surface area contributed by atoms with Gasteiger partial charge in [-0.05, 0) is 50.2 Å². The van der Waals surface area contributed by atoms with Crippen molar-refractivity contribution < 1.29 is 9.53 Å². The number of methoxy groups -OCH3 is 1. The zero-order chi connectivity index (χ0) is 16.9. The minimum absolute atomic E-state index is 0.126. The summed E-state index contributed by atoms with van der Waals surface area (Å²) in [5.41, 5.74) is 0.716. The number of alkyl halides is 1. The van der Waals surface area contributed by atoms with Gasteiger partial charge >= 0.3 is 0 Å². The van der Waals surface area contributed by atoms with Crippen LogP contribution in [0.4, 0.5) is 5.69 Å². The molecule has 0 aliphatic rings. The smallest absolute Gasteiger partial charge is 0.242 e. The van der Waals surface area contributed by atoms with E-state index in [1.807, 2.05) is 56.3 Å². The van der Waals surface area contributed by atoms with E-state index in [-0.39, 0.29) is 11.3 Å². The second kappa shape index (κ2) is 7.75. The summed E-state index contributed by atoms with van der Waals surface area (Å²) in [7, 11) is 1.61. The van der Waals surface area contributed by atoms with E-state index in [9.17, 15) is 4.79 Å². The van der Waals surface area contributed by atoms with Crippen LogP contribution in [0, 0.1) is 0 Å². The van der Waals surface area contributed by atoms with Crippen molar-refractivity contribution in [3.8, 4) is 5.75 Å². The molecule has 2 rings (SSSR count). The van der Waals surface area contributed by atoms with Crippen LogP contribution in [0.1, 0.15) is 13.8 Å². The maximum Gasteiger partial charge on any atom is 0.242 e.